The van der Waals surface area contributed by atoms with Gasteiger partial charge in [-0.15, -0.1) is 0 Å². The number of likely N-dealkylation sites (tertiary alicyclic amines) is 1. The highest BCUT2D eigenvalue weighted by molar-refractivity contribution is 6.36. The molecule has 1 saturated heterocycles. The molecule has 1 aliphatic heterocycles. The first-order valence-corrected chi connectivity index (χ1v) is 13.6. The minimum absolute atomic E-state index is 0.0422. The van der Waals surface area contributed by atoms with Crippen LogP contribution in [-0.4, -0.2) is 71.4 Å². The fourth-order valence-corrected chi connectivity index (χ4v) is 4.90. The molecule has 4 atom stereocenters. The molecule has 2 rings (SSSR count). The second-order valence-corrected chi connectivity index (χ2v) is 12.0. The molecule has 1 aromatic carbocycles. The maximum absolute atomic E-state index is 13.9. The van der Waals surface area contributed by atoms with Crippen molar-refractivity contribution in [3.05, 3.63) is 35.9 Å². The number of primary amides is 1. The van der Waals surface area contributed by atoms with E-state index in [4.69, 9.17) is 5.73 Å². The number of hydrogen-bond acceptors (Lipinski definition) is 6. The Hall–Kier alpha value is -3.76. The fourth-order valence-electron chi connectivity index (χ4n) is 4.90. The molecule has 0 aliphatic carbocycles. The normalized spacial score (nSPS) is 18.7. The second kappa shape index (κ2) is 13.5. The smallest absolute Gasteiger partial charge is 0.316 e. The summed E-state index contributed by atoms with van der Waals surface area (Å²) in [5.74, 6) is -3.74. The van der Waals surface area contributed by atoms with Crippen molar-refractivity contribution in [2.45, 2.75) is 73.0 Å². The Bertz CT molecular complexity index is 1110. The molecule has 0 radical (unpaired) electrons. The zero-order valence-electron chi connectivity index (χ0n) is 24.4. The van der Waals surface area contributed by atoms with E-state index in [0.29, 0.717) is 12.0 Å². The lowest BCUT2D eigenvalue weighted by atomic mass is 9.84. The summed E-state index contributed by atoms with van der Waals surface area (Å²) < 4.78 is 0. The van der Waals surface area contributed by atoms with Gasteiger partial charge in [-0.25, -0.2) is 4.79 Å². The van der Waals surface area contributed by atoms with Crippen LogP contribution in [0.15, 0.2) is 30.3 Å². The quantitative estimate of drug-likeness (QED) is 0.238. The van der Waals surface area contributed by atoms with Gasteiger partial charge in [0.1, 0.15) is 12.1 Å². The predicted molar refractivity (Wildman–Crippen MR) is 150 cm³/mol. The van der Waals surface area contributed by atoms with Crippen molar-refractivity contribution < 1.29 is 28.8 Å². The van der Waals surface area contributed by atoms with Gasteiger partial charge in [0.05, 0.1) is 12.6 Å². The van der Waals surface area contributed by atoms with Gasteiger partial charge in [-0.2, -0.15) is 0 Å². The summed E-state index contributed by atoms with van der Waals surface area (Å²) in [7, 11) is 0. The van der Waals surface area contributed by atoms with Crippen LogP contribution in [0.4, 0.5) is 4.79 Å². The summed E-state index contributed by atoms with van der Waals surface area (Å²) in [5, 5.41) is 7.93. The van der Waals surface area contributed by atoms with Crippen molar-refractivity contribution in [2.75, 3.05) is 13.1 Å². The Balaban J connectivity index is 2.27. The van der Waals surface area contributed by atoms with Crippen LogP contribution in [-0.2, 0) is 19.2 Å². The van der Waals surface area contributed by atoms with Crippen molar-refractivity contribution in [2.24, 2.45) is 28.9 Å². The Kier molecular flexibility index (Phi) is 11.0. The number of nitrogens with two attached hydrogens (primary N) is 1. The Morgan fingerprint density at radius 1 is 0.975 bits per heavy atom. The van der Waals surface area contributed by atoms with E-state index in [9.17, 15) is 28.8 Å². The third kappa shape index (κ3) is 8.12. The Labute approximate surface area is 236 Å². The summed E-state index contributed by atoms with van der Waals surface area (Å²) >= 11 is 0. The molecule has 5 N–H and O–H groups in total. The van der Waals surface area contributed by atoms with Gasteiger partial charge in [0, 0.05) is 12.1 Å². The van der Waals surface area contributed by atoms with E-state index < -0.39 is 59.6 Å². The lowest BCUT2D eigenvalue weighted by molar-refractivity contribution is -0.143. The SMILES string of the molecule is CC(C)[C@H](NC(=O)N[C@H](C(=O)N1CC[C@H](C(C)C)[C@H]1C(=O)NCC(=O)C(N)=O)C(C)(C)C)C(=O)c1ccccc1. The lowest BCUT2D eigenvalue weighted by Crippen LogP contribution is -2.61. The summed E-state index contributed by atoms with van der Waals surface area (Å²) in [6, 6.07) is 5.23. The molecule has 1 fully saturated rings. The van der Waals surface area contributed by atoms with Crippen molar-refractivity contribution in [1.29, 1.82) is 0 Å². The van der Waals surface area contributed by atoms with E-state index in [1.165, 1.54) is 4.90 Å². The molecule has 0 saturated carbocycles. The van der Waals surface area contributed by atoms with Gasteiger partial charge in [-0.05, 0) is 29.6 Å². The van der Waals surface area contributed by atoms with Gasteiger partial charge < -0.3 is 26.6 Å². The van der Waals surface area contributed by atoms with Crippen LogP contribution < -0.4 is 21.7 Å². The van der Waals surface area contributed by atoms with E-state index in [2.05, 4.69) is 16.0 Å². The van der Waals surface area contributed by atoms with Crippen LogP contribution in [0, 0.1) is 23.2 Å². The third-order valence-electron chi connectivity index (χ3n) is 7.23. The zero-order valence-corrected chi connectivity index (χ0v) is 24.4. The number of hydrogen-bond donors (Lipinski definition) is 4. The topological polar surface area (TPSA) is 168 Å². The molecule has 1 heterocycles. The number of carbonyl (C=O) groups is 6. The number of amides is 5. The summed E-state index contributed by atoms with van der Waals surface area (Å²) in [6.45, 7) is 12.6. The number of rotatable bonds is 11. The zero-order chi connectivity index (χ0) is 30.4. The minimum Gasteiger partial charge on any atom is -0.363 e. The Morgan fingerprint density at radius 3 is 2.08 bits per heavy atom. The average molecular weight is 558 g/mol. The number of Topliss-reactive ketones (excluding diaryl/α,β-unsaturated/α-hetero) is 2. The summed E-state index contributed by atoms with van der Waals surface area (Å²) in [4.78, 5) is 77.6. The maximum Gasteiger partial charge on any atom is 0.316 e. The fraction of sp³-hybridized carbons (Fsp3) is 0.586. The van der Waals surface area contributed by atoms with Crippen LogP contribution in [0.3, 0.4) is 0 Å². The first-order chi connectivity index (χ1) is 18.6. The van der Waals surface area contributed by atoms with Crippen LogP contribution in [0.5, 0.6) is 0 Å². The minimum atomic E-state index is -1.16. The molecule has 0 unspecified atom stereocenters. The number of urea groups is 1. The molecular weight excluding hydrogens is 514 g/mol. The first-order valence-electron chi connectivity index (χ1n) is 13.6. The second-order valence-electron chi connectivity index (χ2n) is 12.0. The number of carbonyl (C=O) groups excluding carboxylic acids is 6. The van der Waals surface area contributed by atoms with Crippen LogP contribution >= 0.6 is 0 Å². The first kappa shape index (κ1) is 32.5. The Morgan fingerprint density at radius 2 is 1.57 bits per heavy atom. The van der Waals surface area contributed by atoms with Gasteiger partial charge in [0.25, 0.3) is 5.91 Å². The van der Waals surface area contributed by atoms with E-state index in [1.807, 2.05) is 27.7 Å². The highest BCUT2D eigenvalue weighted by Crippen LogP contribution is 2.33. The van der Waals surface area contributed by atoms with Crippen LogP contribution in [0.2, 0.25) is 0 Å². The summed E-state index contributed by atoms with van der Waals surface area (Å²) in [6.07, 6.45) is 0.551. The standard InChI is InChI=1S/C29H43N5O6/c1-16(2)19-13-14-34(22(19)26(38)31-15-20(35)25(30)37)27(39)24(29(5,6)7)33-28(40)32-21(17(3)4)23(36)18-11-9-8-10-12-18/h8-12,16-17,19,21-22,24H,13-15H2,1-7H3,(H2,30,37)(H,31,38)(H2,32,33,40)/t19-,21+,22+,24-/m1/s1. The average Bonchev–Trinajstić information content (AvgIpc) is 3.33. The number of benzene rings is 1. The molecule has 11 nitrogen and oxygen atoms in total. The molecule has 11 heteroatoms. The molecular formula is C29H43N5O6. The van der Waals surface area contributed by atoms with Gasteiger partial charge >= 0.3 is 6.03 Å². The van der Waals surface area contributed by atoms with E-state index in [-0.39, 0.29) is 30.1 Å². The lowest BCUT2D eigenvalue weighted by Gasteiger charge is -2.37. The van der Waals surface area contributed by atoms with Gasteiger partial charge in [-0.1, -0.05) is 78.8 Å². The van der Waals surface area contributed by atoms with Gasteiger partial charge in [0.15, 0.2) is 5.78 Å². The number of nitrogens with zero attached hydrogens (tertiary/aromatic N) is 1. The number of nitrogens with one attached hydrogen (secondary N) is 3. The molecule has 0 aromatic heterocycles. The van der Waals surface area contributed by atoms with Gasteiger partial charge in [-0.3, -0.25) is 24.0 Å². The predicted octanol–water partition coefficient (Wildman–Crippen LogP) is 1.65. The molecule has 1 aromatic rings. The summed E-state index contributed by atoms with van der Waals surface area (Å²) in [5.41, 5.74) is 4.71. The van der Waals surface area contributed by atoms with Crippen LogP contribution in [0.1, 0.15) is 65.2 Å². The van der Waals surface area contributed by atoms with E-state index in [1.54, 1.807) is 51.1 Å². The van der Waals surface area contributed by atoms with Crippen molar-refractivity contribution >= 4 is 35.3 Å². The molecule has 5 amide bonds. The van der Waals surface area contributed by atoms with E-state index in [0.717, 1.165) is 0 Å². The maximum atomic E-state index is 13.9. The molecule has 0 bridgehead atoms. The van der Waals surface area contributed by atoms with Crippen molar-refractivity contribution in [1.82, 2.24) is 20.9 Å². The van der Waals surface area contributed by atoms with Crippen molar-refractivity contribution in [3.8, 4) is 0 Å². The monoisotopic (exact) mass is 557 g/mol. The molecule has 220 valence electrons. The third-order valence-corrected chi connectivity index (χ3v) is 7.23. The largest absolute Gasteiger partial charge is 0.363 e. The van der Waals surface area contributed by atoms with Crippen molar-refractivity contribution in [3.63, 3.8) is 0 Å². The van der Waals surface area contributed by atoms with E-state index >= 15 is 0 Å². The van der Waals surface area contributed by atoms with Crippen LogP contribution in [0.25, 0.3) is 0 Å². The molecule has 40 heavy (non-hydrogen) atoms. The molecule has 0 spiro atoms. The number of ketones is 2. The van der Waals surface area contributed by atoms with Gasteiger partial charge in [0.2, 0.25) is 17.6 Å². The molecule has 1 aliphatic rings. The highest BCUT2D eigenvalue weighted by atomic mass is 16.2. The highest BCUT2D eigenvalue weighted by Gasteiger charge is 2.47.